The first kappa shape index (κ1) is 9.56. The molecule has 3 heteroatoms. The highest BCUT2D eigenvalue weighted by molar-refractivity contribution is 5.80. The fourth-order valence-corrected chi connectivity index (χ4v) is 0.591. The van der Waals surface area contributed by atoms with Crippen LogP contribution < -0.4 is 0 Å². The van der Waals surface area contributed by atoms with E-state index in [1.54, 1.807) is 6.92 Å². The van der Waals surface area contributed by atoms with E-state index in [9.17, 15) is 9.18 Å². The van der Waals surface area contributed by atoms with Crippen molar-refractivity contribution in [2.24, 2.45) is 0 Å². The molecule has 0 aliphatic rings. The van der Waals surface area contributed by atoms with Crippen LogP contribution in [0.15, 0.2) is 0 Å². The average Bonchev–Trinajstić information content (AvgIpc) is 1.82. The Bertz CT molecular complexity index is 112. The van der Waals surface area contributed by atoms with E-state index >= 15 is 0 Å². The van der Waals surface area contributed by atoms with Crippen LogP contribution in [0.25, 0.3) is 0 Å². The highest BCUT2D eigenvalue weighted by atomic mass is 19.1. The van der Waals surface area contributed by atoms with Crippen molar-refractivity contribution in [3.8, 4) is 0 Å². The van der Waals surface area contributed by atoms with Gasteiger partial charge in [0.2, 0.25) is 0 Å². The lowest BCUT2D eigenvalue weighted by Gasteiger charge is -2.04. The van der Waals surface area contributed by atoms with Crippen LogP contribution in [0.4, 0.5) is 4.39 Å². The number of carbonyl (C=O) groups is 1. The van der Waals surface area contributed by atoms with Gasteiger partial charge in [0.25, 0.3) is 0 Å². The molecule has 0 heterocycles. The molecule has 2 atom stereocenters. The smallest absolute Gasteiger partial charge is 0.163 e. The monoisotopic (exact) mass is 148 g/mol. The molecule has 0 radical (unpaired) electrons. The Hall–Kier alpha value is -0.440. The maximum absolute atomic E-state index is 12.4. The molecule has 0 aliphatic heterocycles. The quantitative estimate of drug-likeness (QED) is 0.647. The van der Waals surface area contributed by atoms with E-state index in [1.165, 1.54) is 6.92 Å². The SMILES string of the molecule is CC(=O)C(F)CCC(C)O. The number of aliphatic hydroxyl groups is 1. The fraction of sp³-hybridized carbons (Fsp3) is 0.857. The first-order valence-electron chi connectivity index (χ1n) is 3.36. The van der Waals surface area contributed by atoms with Crippen molar-refractivity contribution in [1.82, 2.24) is 0 Å². The van der Waals surface area contributed by atoms with Crippen molar-refractivity contribution >= 4 is 5.78 Å². The molecule has 2 unspecified atom stereocenters. The average molecular weight is 148 g/mol. The minimum Gasteiger partial charge on any atom is -0.393 e. The summed E-state index contributed by atoms with van der Waals surface area (Å²) in [5, 5.41) is 8.71. The van der Waals surface area contributed by atoms with E-state index in [0.717, 1.165) is 0 Å². The van der Waals surface area contributed by atoms with Gasteiger partial charge in [0.1, 0.15) is 0 Å². The summed E-state index contributed by atoms with van der Waals surface area (Å²) in [5.74, 6) is -0.458. The Morgan fingerprint density at radius 2 is 2.10 bits per heavy atom. The van der Waals surface area contributed by atoms with Gasteiger partial charge >= 0.3 is 0 Å². The van der Waals surface area contributed by atoms with Crippen LogP contribution in [-0.4, -0.2) is 23.2 Å². The molecule has 0 aromatic rings. The molecule has 10 heavy (non-hydrogen) atoms. The van der Waals surface area contributed by atoms with E-state index < -0.39 is 18.1 Å². The predicted octanol–water partition coefficient (Wildman–Crippen LogP) is 1.07. The lowest BCUT2D eigenvalue weighted by molar-refractivity contribution is -0.122. The van der Waals surface area contributed by atoms with Gasteiger partial charge in [-0.05, 0) is 26.7 Å². The Labute approximate surface area is 60.1 Å². The van der Waals surface area contributed by atoms with Crippen LogP contribution in [0.5, 0.6) is 0 Å². The molecular weight excluding hydrogens is 135 g/mol. The van der Waals surface area contributed by atoms with E-state index in [1.807, 2.05) is 0 Å². The number of hydrogen-bond acceptors (Lipinski definition) is 2. The van der Waals surface area contributed by atoms with Crippen molar-refractivity contribution in [3.05, 3.63) is 0 Å². The first-order chi connectivity index (χ1) is 4.54. The fourth-order valence-electron chi connectivity index (χ4n) is 0.591. The second-order valence-electron chi connectivity index (χ2n) is 2.50. The van der Waals surface area contributed by atoms with E-state index in [-0.39, 0.29) is 6.42 Å². The minimum absolute atomic E-state index is 0.132. The van der Waals surface area contributed by atoms with Crippen LogP contribution in [0.1, 0.15) is 26.7 Å². The lowest BCUT2D eigenvalue weighted by Crippen LogP contribution is -2.13. The molecule has 0 aliphatic carbocycles. The van der Waals surface area contributed by atoms with E-state index in [2.05, 4.69) is 0 Å². The summed E-state index contributed by atoms with van der Waals surface area (Å²) >= 11 is 0. The first-order valence-corrected chi connectivity index (χ1v) is 3.36. The second kappa shape index (κ2) is 4.39. The van der Waals surface area contributed by atoms with Gasteiger partial charge in [0, 0.05) is 0 Å². The van der Waals surface area contributed by atoms with Crippen molar-refractivity contribution in [2.45, 2.75) is 39.0 Å². The molecule has 0 bridgehead atoms. The number of aliphatic hydroxyl groups excluding tert-OH is 1. The summed E-state index contributed by atoms with van der Waals surface area (Å²) < 4.78 is 12.4. The zero-order valence-electron chi connectivity index (χ0n) is 6.30. The van der Waals surface area contributed by atoms with Gasteiger partial charge in [0.15, 0.2) is 12.0 Å². The largest absolute Gasteiger partial charge is 0.393 e. The summed E-state index contributed by atoms with van der Waals surface area (Å²) in [5.41, 5.74) is 0. The predicted molar refractivity (Wildman–Crippen MR) is 36.5 cm³/mol. The van der Waals surface area contributed by atoms with Crippen molar-refractivity contribution in [3.63, 3.8) is 0 Å². The van der Waals surface area contributed by atoms with Crippen molar-refractivity contribution < 1.29 is 14.3 Å². The molecule has 0 aromatic carbocycles. The van der Waals surface area contributed by atoms with Crippen LogP contribution in [0.3, 0.4) is 0 Å². The highest BCUT2D eigenvalue weighted by Crippen LogP contribution is 2.05. The summed E-state index contributed by atoms with van der Waals surface area (Å²) in [6.07, 6.45) is -1.43. The van der Waals surface area contributed by atoms with Gasteiger partial charge < -0.3 is 5.11 Å². The summed E-state index contributed by atoms with van der Waals surface area (Å²) in [4.78, 5) is 10.3. The molecule has 0 amide bonds. The van der Waals surface area contributed by atoms with E-state index in [4.69, 9.17) is 5.11 Å². The molecule has 0 rings (SSSR count). The minimum atomic E-state index is -1.39. The Morgan fingerprint density at radius 1 is 1.60 bits per heavy atom. The Kier molecular flexibility index (Phi) is 4.19. The molecule has 0 aromatic heterocycles. The Balaban J connectivity index is 3.40. The highest BCUT2D eigenvalue weighted by Gasteiger charge is 2.12. The number of ketones is 1. The summed E-state index contributed by atoms with van der Waals surface area (Å²) in [7, 11) is 0. The summed E-state index contributed by atoms with van der Waals surface area (Å²) in [6.45, 7) is 2.79. The maximum atomic E-state index is 12.4. The van der Waals surface area contributed by atoms with Gasteiger partial charge in [-0.3, -0.25) is 4.79 Å². The number of hydrogen-bond donors (Lipinski definition) is 1. The van der Waals surface area contributed by atoms with Gasteiger partial charge in [-0.25, -0.2) is 4.39 Å². The number of alkyl halides is 1. The normalized spacial score (nSPS) is 16.4. The van der Waals surface area contributed by atoms with Crippen molar-refractivity contribution in [1.29, 1.82) is 0 Å². The van der Waals surface area contributed by atoms with E-state index in [0.29, 0.717) is 6.42 Å². The number of Topliss-reactive ketones (excluding diaryl/α,β-unsaturated/α-hetero) is 1. The number of halogens is 1. The maximum Gasteiger partial charge on any atom is 0.163 e. The van der Waals surface area contributed by atoms with Crippen LogP contribution in [-0.2, 0) is 4.79 Å². The number of carbonyl (C=O) groups excluding carboxylic acids is 1. The van der Waals surface area contributed by atoms with Crippen LogP contribution in [0.2, 0.25) is 0 Å². The third-order valence-electron chi connectivity index (χ3n) is 1.28. The van der Waals surface area contributed by atoms with Gasteiger partial charge in [-0.2, -0.15) is 0 Å². The Morgan fingerprint density at radius 3 is 2.40 bits per heavy atom. The number of rotatable bonds is 4. The van der Waals surface area contributed by atoms with Crippen LogP contribution >= 0.6 is 0 Å². The lowest BCUT2D eigenvalue weighted by atomic mass is 10.1. The summed E-state index contributed by atoms with van der Waals surface area (Å²) in [6, 6.07) is 0. The molecule has 2 nitrogen and oxygen atoms in total. The van der Waals surface area contributed by atoms with Gasteiger partial charge in [0.05, 0.1) is 6.10 Å². The standard InChI is InChI=1S/C7H13FO2/c1-5(9)3-4-7(8)6(2)10/h5,7,9H,3-4H2,1-2H3. The molecule has 0 fully saturated rings. The zero-order valence-corrected chi connectivity index (χ0v) is 6.30. The van der Waals surface area contributed by atoms with Gasteiger partial charge in [-0.15, -0.1) is 0 Å². The second-order valence-corrected chi connectivity index (χ2v) is 2.50. The van der Waals surface area contributed by atoms with Crippen molar-refractivity contribution in [2.75, 3.05) is 0 Å². The zero-order chi connectivity index (χ0) is 8.15. The molecule has 60 valence electrons. The molecule has 0 saturated carbocycles. The molecule has 1 N–H and O–H groups in total. The van der Waals surface area contributed by atoms with Gasteiger partial charge in [-0.1, -0.05) is 0 Å². The third kappa shape index (κ3) is 4.44. The topological polar surface area (TPSA) is 37.3 Å². The molecule has 0 saturated heterocycles. The third-order valence-corrected chi connectivity index (χ3v) is 1.28. The van der Waals surface area contributed by atoms with Crippen LogP contribution in [0, 0.1) is 0 Å². The molecule has 0 spiro atoms. The molecular formula is C7H13FO2.